The largest absolute Gasteiger partial charge is 0.344 e. The molecule has 0 atom stereocenters. The van der Waals surface area contributed by atoms with Gasteiger partial charge in [0.05, 0.1) is 10.9 Å². The van der Waals surface area contributed by atoms with Gasteiger partial charge in [0.2, 0.25) is 0 Å². The highest BCUT2D eigenvalue weighted by atomic mass is 32.1. The fraction of sp³-hybridized carbons (Fsp3) is 0.286. The number of hydrogen-bond donors (Lipinski definition) is 1. The molecular weight excluding hydrogens is 416 g/mol. The third-order valence-corrected chi connectivity index (χ3v) is 6.58. The van der Waals surface area contributed by atoms with E-state index in [4.69, 9.17) is 0 Å². The third-order valence-electron chi connectivity index (χ3n) is 5.54. The second-order valence-electron chi connectivity index (χ2n) is 7.34. The lowest BCUT2D eigenvalue weighted by Gasteiger charge is -2.34. The predicted molar refractivity (Wildman–Crippen MR) is 120 cm³/mol. The lowest BCUT2D eigenvalue weighted by Crippen LogP contribution is -2.48. The maximum atomic E-state index is 13.0. The van der Waals surface area contributed by atoms with Crippen LogP contribution < -0.4 is 16.1 Å². The predicted octanol–water partition coefficient (Wildman–Crippen LogP) is 1.68. The molecule has 4 heterocycles. The normalized spacial score (nSPS) is 14.5. The molecule has 0 spiro atoms. The van der Waals surface area contributed by atoms with Gasteiger partial charge < -0.3 is 14.8 Å². The molecule has 9 nitrogen and oxygen atoms in total. The molecule has 1 aromatic carbocycles. The number of benzene rings is 1. The highest BCUT2D eigenvalue weighted by Gasteiger charge is 2.24. The molecule has 1 N–H and O–H groups in total. The number of aromatic amines is 1. The molecule has 31 heavy (non-hydrogen) atoms. The molecule has 10 heteroatoms. The summed E-state index contributed by atoms with van der Waals surface area (Å²) in [4.78, 5) is 54.1. The minimum atomic E-state index is -0.469. The van der Waals surface area contributed by atoms with Crippen LogP contribution in [0.2, 0.25) is 0 Å². The number of fused-ring (bicyclic) bond motifs is 2. The van der Waals surface area contributed by atoms with Gasteiger partial charge in [0.15, 0.2) is 5.13 Å². The highest BCUT2D eigenvalue weighted by Crippen LogP contribution is 2.27. The van der Waals surface area contributed by atoms with Crippen molar-refractivity contribution < 1.29 is 4.79 Å². The summed E-state index contributed by atoms with van der Waals surface area (Å²) in [6.45, 7) is 4.52. The van der Waals surface area contributed by atoms with Crippen LogP contribution in [0, 0.1) is 0 Å². The quantitative estimate of drug-likeness (QED) is 0.524. The molecule has 0 unspecified atom stereocenters. The number of nitrogens with one attached hydrogen (secondary N) is 1. The van der Waals surface area contributed by atoms with Gasteiger partial charge in [0.1, 0.15) is 10.3 Å². The van der Waals surface area contributed by atoms with Crippen molar-refractivity contribution in [3.05, 3.63) is 62.9 Å². The molecule has 158 valence electrons. The maximum absolute atomic E-state index is 13.0. The summed E-state index contributed by atoms with van der Waals surface area (Å²) in [6.07, 6.45) is 1.76. The summed E-state index contributed by atoms with van der Waals surface area (Å²) in [5, 5.41) is 1.31. The molecule has 3 aromatic heterocycles. The van der Waals surface area contributed by atoms with Crippen LogP contribution in [0.3, 0.4) is 0 Å². The summed E-state index contributed by atoms with van der Waals surface area (Å²) >= 11 is 1.55. The van der Waals surface area contributed by atoms with Gasteiger partial charge in [-0.05, 0) is 37.3 Å². The van der Waals surface area contributed by atoms with E-state index in [1.807, 2.05) is 12.1 Å². The average Bonchev–Trinajstić information content (AvgIpc) is 3.23. The van der Waals surface area contributed by atoms with Gasteiger partial charge >= 0.3 is 5.69 Å². The fourth-order valence-corrected chi connectivity index (χ4v) is 4.81. The smallest absolute Gasteiger partial charge is 0.328 e. The molecule has 5 rings (SSSR count). The lowest BCUT2D eigenvalue weighted by molar-refractivity contribution is 0.0747. The standard InChI is InChI=1S/C21H20N6O3S/c1-2-27-19(29)14-6-5-13(12-16(14)23-20(27)30)18(28)25-8-10-26(11-9-25)21-24-15-4-3-7-22-17(15)31-21/h3-7,12H,2,8-11H2,1H3,(H,23,30). The lowest BCUT2D eigenvalue weighted by atomic mass is 10.1. The first kappa shape index (κ1) is 19.4. The minimum absolute atomic E-state index is 0.118. The summed E-state index contributed by atoms with van der Waals surface area (Å²) in [7, 11) is 0. The van der Waals surface area contributed by atoms with Crippen LogP contribution in [0.15, 0.2) is 46.1 Å². The number of aromatic nitrogens is 4. The summed E-state index contributed by atoms with van der Waals surface area (Å²) < 4.78 is 1.14. The maximum Gasteiger partial charge on any atom is 0.328 e. The number of piperazine rings is 1. The van der Waals surface area contributed by atoms with Crippen molar-refractivity contribution in [1.29, 1.82) is 0 Å². The Bertz CT molecular complexity index is 1380. The van der Waals surface area contributed by atoms with Crippen LogP contribution in [0.5, 0.6) is 0 Å². The van der Waals surface area contributed by atoms with Crippen LogP contribution in [-0.2, 0) is 6.54 Å². The van der Waals surface area contributed by atoms with Gasteiger partial charge in [0.25, 0.3) is 11.5 Å². The summed E-state index contributed by atoms with van der Waals surface area (Å²) in [6, 6.07) is 8.66. The second-order valence-corrected chi connectivity index (χ2v) is 8.30. The Morgan fingerprint density at radius 2 is 1.97 bits per heavy atom. The Kier molecular flexibility index (Phi) is 4.78. The van der Waals surface area contributed by atoms with Gasteiger partial charge in [-0.2, -0.15) is 0 Å². The van der Waals surface area contributed by atoms with Crippen molar-refractivity contribution in [2.45, 2.75) is 13.5 Å². The van der Waals surface area contributed by atoms with Gasteiger partial charge in [0, 0.05) is 44.5 Å². The number of thiazole rings is 1. The van der Waals surface area contributed by atoms with Crippen LogP contribution in [0.1, 0.15) is 17.3 Å². The van der Waals surface area contributed by atoms with E-state index in [2.05, 4.69) is 19.9 Å². The Labute approximate surface area is 180 Å². The van der Waals surface area contributed by atoms with E-state index in [0.29, 0.717) is 49.2 Å². The average molecular weight is 436 g/mol. The highest BCUT2D eigenvalue weighted by molar-refractivity contribution is 7.21. The number of carbonyl (C=O) groups excluding carboxylic acids is 1. The van der Waals surface area contributed by atoms with Gasteiger partial charge in [-0.25, -0.2) is 14.8 Å². The molecule has 0 bridgehead atoms. The van der Waals surface area contributed by atoms with E-state index in [-0.39, 0.29) is 11.5 Å². The number of hydrogen-bond acceptors (Lipinski definition) is 7. The van der Waals surface area contributed by atoms with Crippen molar-refractivity contribution >= 4 is 43.6 Å². The molecule has 4 aromatic rings. The van der Waals surface area contributed by atoms with Gasteiger partial charge in [-0.1, -0.05) is 11.3 Å². The Morgan fingerprint density at radius 1 is 1.16 bits per heavy atom. The van der Waals surface area contributed by atoms with Crippen molar-refractivity contribution in [2.24, 2.45) is 0 Å². The molecule has 0 saturated carbocycles. The van der Waals surface area contributed by atoms with Crippen molar-refractivity contribution in [3.8, 4) is 0 Å². The number of amides is 1. The summed E-state index contributed by atoms with van der Waals surface area (Å²) in [5.41, 5.74) is 0.900. The van der Waals surface area contributed by atoms with Crippen LogP contribution in [0.4, 0.5) is 5.13 Å². The fourth-order valence-electron chi connectivity index (χ4n) is 3.85. The number of pyridine rings is 1. The van der Waals surface area contributed by atoms with E-state index < -0.39 is 5.69 Å². The number of anilines is 1. The number of rotatable bonds is 3. The van der Waals surface area contributed by atoms with E-state index in [1.54, 1.807) is 47.6 Å². The van der Waals surface area contributed by atoms with E-state index in [0.717, 1.165) is 20.0 Å². The molecule has 1 saturated heterocycles. The van der Waals surface area contributed by atoms with Crippen LogP contribution in [0.25, 0.3) is 21.3 Å². The number of nitrogens with zero attached hydrogens (tertiary/aromatic N) is 5. The van der Waals surface area contributed by atoms with Gasteiger partial charge in [-0.15, -0.1) is 0 Å². The van der Waals surface area contributed by atoms with Crippen molar-refractivity contribution in [2.75, 3.05) is 31.1 Å². The molecule has 0 aliphatic carbocycles. The molecule has 1 amide bonds. The topological polar surface area (TPSA) is 104 Å². The zero-order valence-electron chi connectivity index (χ0n) is 16.9. The zero-order valence-corrected chi connectivity index (χ0v) is 17.7. The minimum Gasteiger partial charge on any atom is -0.344 e. The second kappa shape index (κ2) is 7.62. The molecule has 1 aliphatic heterocycles. The molecule has 1 aliphatic rings. The van der Waals surface area contributed by atoms with Crippen molar-refractivity contribution in [1.82, 2.24) is 24.4 Å². The SMILES string of the molecule is CCn1c(=O)[nH]c2cc(C(=O)N3CCN(c4nc5cccnc5s4)CC3)ccc2c1=O. The first-order chi connectivity index (χ1) is 15.0. The first-order valence-electron chi connectivity index (χ1n) is 10.1. The molecule has 0 radical (unpaired) electrons. The van der Waals surface area contributed by atoms with Gasteiger partial charge in [-0.3, -0.25) is 14.2 Å². The summed E-state index contributed by atoms with van der Waals surface area (Å²) in [5.74, 6) is -0.118. The monoisotopic (exact) mass is 436 g/mol. The molecule has 1 fully saturated rings. The van der Waals surface area contributed by atoms with E-state index in [9.17, 15) is 14.4 Å². The number of H-pyrrole nitrogens is 1. The molecular formula is C21H20N6O3S. The third kappa shape index (κ3) is 3.38. The Balaban J connectivity index is 1.34. The van der Waals surface area contributed by atoms with E-state index >= 15 is 0 Å². The zero-order chi connectivity index (χ0) is 21.5. The van der Waals surface area contributed by atoms with Crippen molar-refractivity contribution in [3.63, 3.8) is 0 Å². The Hall–Kier alpha value is -3.53. The first-order valence-corrected chi connectivity index (χ1v) is 10.9. The van der Waals surface area contributed by atoms with E-state index in [1.165, 1.54) is 0 Å². The number of carbonyl (C=O) groups is 1. The Morgan fingerprint density at radius 3 is 2.71 bits per heavy atom. The van der Waals surface area contributed by atoms with Crippen LogP contribution in [-0.4, -0.2) is 56.5 Å². The van der Waals surface area contributed by atoms with Crippen LogP contribution >= 0.6 is 11.3 Å².